The van der Waals surface area contributed by atoms with Crippen molar-refractivity contribution >= 4 is 17.5 Å². The fourth-order valence-electron chi connectivity index (χ4n) is 2.48. The van der Waals surface area contributed by atoms with E-state index in [0.29, 0.717) is 12.1 Å². The Balaban J connectivity index is 1.80. The maximum Gasteiger partial charge on any atom is 0.313 e. The summed E-state index contributed by atoms with van der Waals surface area (Å²) in [5.41, 5.74) is 3.40. The zero-order chi connectivity index (χ0) is 17.5. The van der Waals surface area contributed by atoms with Gasteiger partial charge in [0.05, 0.1) is 6.10 Å². The van der Waals surface area contributed by atoms with Crippen molar-refractivity contribution in [3.8, 4) is 0 Å². The number of amides is 2. The molecule has 24 heavy (non-hydrogen) atoms. The first kappa shape index (κ1) is 17.7. The van der Waals surface area contributed by atoms with Crippen LogP contribution < -0.4 is 10.6 Å². The van der Waals surface area contributed by atoms with Crippen LogP contribution in [0.2, 0.25) is 0 Å². The van der Waals surface area contributed by atoms with E-state index in [1.165, 1.54) is 0 Å². The highest BCUT2D eigenvalue weighted by molar-refractivity contribution is 6.39. The van der Waals surface area contributed by atoms with Gasteiger partial charge < -0.3 is 15.7 Å². The van der Waals surface area contributed by atoms with Gasteiger partial charge in [-0.1, -0.05) is 36.4 Å². The van der Waals surface area contributed by atoms with Gasteiger partial charge >= 0.3 is 11.8 Å². The second-order valence-corrected chi connectivity index (χ2v) is 5.80. The molecule has 0 saturated carbocycles. The predicted octanol–water partition coefficient (Wildman–Crippen LogP) is 2.48. The first-order valence-electron chi connectivity index (χ1n) is 7.86. The molecule has 2 rings (SSSR count). The summed E-state index contributed by atoms with van der Waals surface area (Å²) in [6.45, 7) is 4.07. The lowest BCUT2D eigenvalue weighted by Crippen LogP contribution is -2.36. The van der Waals surface area contributed by atoms with E-state index < -0.39 is 17.9 Å². The largest absolute Gasteiger partial charge is 0.388 e. The molecular weight excluding hydrogens is 304 g/mol. The SMILES string of the molecule is Cc1cc(C)cc(NC(=O)C(=O)NCCC(O)c2ccccc2)c1. The highest BCUT2D eigenvalue weighted by Crippen LogP contribution is 2.15. The first-order chi connectivity index (χ1) is 11.5. The number of carbonyl (C=O) groups excluding carboxylic acids is 2. The Labute approximate surface area is 141 Å². The Hall–Kier alpha value is -2.66. The van der Waals surface area contributed by atoms with Crippen LogP contribution in [0.5, 0.6) is 0 Å². The van der Waals surface area contributed by atoms with Crippen LogP contribution >= 0.6 is 0 Å². The molecule has 0 spiro atoms. The third kappa shape index (κ3) is 5.21. The van der Waals surface area contributed by atoms with Gasteiger partial charge in [-0.3, -0.25) is 9.59 Å². The average molecular weight is 326 g/mol. The van der Waals surface area contributed by atoms with Crippen molar-refractivity contribution in [2.75, 3.05) is 11.9 Å². The number of aliphatic hydroxyl groups excluding tert-OH is 1. The van der Waals surface area contributed by atoms with Crippen LogP contribution in [-0.4, -0.2) is 23.5 Å². The molecule has 0 bridgehead atoms. The van der Waals surface area contributed by atoms with E-state index in [4.69, 9.17) is 0 Å². The van der Waals surface area contributed by atoms with Crippen LogP contribution in [-0.2, 0) is 9.59 Å². The Kier molecular flexibility index (Phi) is 6.09. The number of anilines is 1. The molecule has 0 aliphatic rings. The van der Waals surface area contributed by atoms with Gasteiger partial charge in [-0.2, -0.15) is 0 Å². The molecule has 1 atom stereocenters. The smallest absolute Gasteiger partial charge is 0.313 e. The summed E-state index contributed by atoms with van der Waals surface area (Å²) in [5, 5.41) is 15.1. The number of carbonyl (C=O) groups is 2. The van der Waals surface area contributed by atoms with Crippen molar-refractivity contribution in [2.45, 2.75) is 26.4 Å². The minimum Gasteiger partial charge on any atom is -0.388 e. The second kappa shape index (κ2) is 8.26. The standard InChI is InChI=1S/C19H22N2O3/c1-13-10-14(2)12-16(11-13)21-19(24)18(23)20-9-8-17(22)15-6-4-3-5-7-15/h3-7,10-12,17,22H,8-9H2,1-2H3,(H,20,23)(H,21,24). The summed E-state index contributed by atoms with van der Waals surface area (Å²) >= 11 is 0. The molecule has 0 aromatic heterocycles. The monoisotopic (exact) mass is 326 g/mol. The Bertz CT molecular complexity index is 694. The third-order valence-corrected chi connectivity index (χ3v) is 3.57. The summed E-state index contributed by atoms with van der Waals surface area (Å²) < 4.78 is 0. The summed E-state index contributed by atoms with van der Waals surface area (Å²) in [4.78, 5) is 23.7. The van der Waals surface area contributed by atoms with Gasteiger partial charge in [0.1, 0.15) is 0 Å². The zero-order valence-electron chi connectivity index (χ0n) is 13.9. The molecule has 2 aromatic carbocycles. The lowest BCUT2D eigenvalue weighted by Gasteiger charge is -2.12. The van der Waals surface area contributed by atoms with Crippen molar-refractivity contribution < 1.29 is 14.7 Å². The van der Waals surface area contributed by atoms with E-state index in [1.807, 2.05) is 50.2 Å². The topological polar surface area (TPSA) is 78.4 Å². The third-order valence-electron chi connectivity index (χ3n) is 3.57. The van der Waals surface area contributed by atoms with E-state index in [1.54, 1.807) is 12.1 Å². The summed E-state index contributed by atoms with van der Waals surface area (Å²) in [7, 11) is 0. The summed E-state index contributed by atoms with van der Waals surface area (Å²) in [6.07, 6.45) is -0.332. The van der Waals surface area contributed by atoms with E-state index in [2.05, 4.69) is 10.6 Å². The van der Waals surface area contributed by atoms with Crippen molar-refractivity contribution in [1.82, 2.24) is 5.32 Å². The van der Waals surface area contributed by atoms with Gasteiger partial charge in [0, 0.05) is 12.2 Å². The maximum atomic E-state index is 11.9. The number of hydrogen-bond donors (Lipinski definition) is 3. The minimum atomic E-state index is -0.714. The van der Waals surface area contributed by atoms with Gasteiger partial charge in [-0.25, -0.2) is 0 Å². The summed E-state index contributed by atoms with van der Waals surface area (Å²) in [5.74, 6) is -1.43. The molecule has 0 saturated heterocycles. The Morgan fingerprint density at radius 3 is 2.25 bits per heavy atom. The molecule has 0 radical (unpaired) electrons. The van der Waals surface area contributed by atoms with Crippen LogP contribution in [0.4, 0.5) is 5.69 Å². The van der Waals surface area contributed by atoms with Crippen molar-refractivity contribution in [2.24, 2.45) is 0 Å². The van der Waals surface area contributed by atoms with Crippen molar-refractivity contribution in [3.63, 3.8) is 0 Å². The number of rotatable bonds is 5. The molecule has 2 aromatic rings. The first-order valence-corrected chi connectivity index (χ1v) is 7.86. The zero-order valence-corrected chi connectivity index (χ0v) is 13.9. The van der Waals surface area contributed by atoms with E-state index in [-0.39, 0.29) is 6.54 Å². The van der Waals surface area contributed by atoms with Crippen molar-refractivity contribution in [3.05, 3.63) is 65.2 Å². The number of benzene rings is 2. The molecular formula is C19H22N2O3. The molecule has 0 fully saturated rings. The molecule has 0 aliphatic carbocycles. The van der Waals surface area contributed by atoms with E-state index in [9.17, 15) is 14.7 Å². The lowest BCUT2D eigenvalue weighted by molar-refractivity contribution is -0.136. The lowest BCUT2D eigenvalue weighted by atomic mass is 10.1. The van der Waals surface area contributed by atoms with Gasteiger partial charge in [0.25, 0.3) is 0 Å². The molecule has 0 heterocycles. The van der Waals surface area contributed by atoms with Crippen LogP contribution in [0.3, 0.4) is 0 Å². The fraction of sp³-hybridized carbons (Fsp3) is 0.263. The maximum absolute atomic E-state index is 11.9. The molecule has 2 amide bonds. The predicted molar refractivity (Wildman–Crippen MR) is 93.6 cm³/mol. The number of aryl methyl sites for hydroxylation is 2. The van der Waals surface area contributed by atoms with Crippen LogP contribution in [0.1, 0.15) is 29.2 Å². The normalized spacial score (nSPS) is 11.6. The minimum absolute atomic E-state index is 0.217. The molecule has 5 heteroatoms. The molecule has 5 nitrogen and oxygen atoms in total. The van der Waals surface area contributed by atoms with E-state index in [0.717, 1.165) is 16.7 Å². The number of nitrogens with one attached hydrogen (secondary N) is 2. The number of aliphatic hydroxyl groups is 1. The fourth-order valence-corrected chi connectivity index (χ4v) is 2.48. The summed E-state index contributed by atoms with van der Waals surface area (Å²) in [6, 6.07) is 14.8. The van der Waals surface area contributed by atoms with Gasteiger partial charge in [0.2, 0.25) is 0 Å². The van der Waals surface area contributed by atoms with Gasteiger partial charge in [0.15, 0.2) is 0 Å². The van der Waals surface area contributed by atoms with Crippen molar-refractivity contribution in [1.29, 1.82) is 0 Å². The van der Waals surface area contributed by atoms with E-state index >= 15 is 0 Å². The average Bonchev–Trinajstić information content (AvgIpc) is 2.54. The molecule has 1 unspecified atom stereocenters. The van der Waals surface area contributed by atoms with Gasteiger partial charge in [-0.05, 0) is 49.1 Å². The Morgan fingerprint density at radius 1 is 1.00 bits per heavy atom. The van der Waals surface area contributed by atoms with Gasteiger partial charge in [-0.15, -0.1) is 0 Å². The molecule has 126 valence electrons. The van der Waals surface area contributed by atoms with Crippen LogP contribution in [0.15, 0.2) is 48.5 Å². The van der Waals surface area contributed by atoms with Crippen LogP contribution in [0.25, 0.3) is 0 Å². The number of hydrogen-bond acceptors (Lipinski definition) is 3. The highest BCUT2D eigenvalue weighted by Gasteiger charge is 2.14. The Morgan fingerprint density at radius 2 is 1.62 bits per heavy atom. The molecule has 0 aliphatic heterocycles. The second-order valence-electron chi connectivity index (χ2n) is 5.80. The van der Waals surface area contributed by atoms with Crippen LogP contribution in [0, 0.1) is 13.8 Å². The highest BCUT2D eigenvalue weighted by atomic mass is 16.3. The molecule has 3 N–H and O–H groups in total. The quantitative estimate of drug-likeness (QED) is 0.739.